The van der Waals surface area contributed by atoms with Crippen LogP contribution in [0.3, 0.4) is 0 Å². The Morgan fingerprint density at radius 1 is 0.921 bits per heavy atom. The molecule has 2 aliphatic heterocycles. The van der Waals surface area contributed by atoms with Crippen LogP contribution >= 0.6 is 23.2 Å². The maximum absolute atomic E-state index is 13.3. The molecule has 3 aromatic carbocycles. The third-order valence-electron chi connectivity index (χ3n) is 8.67. The van der Waals surface area contributed by atoms with Gasteiger partial charge in [0, 0.05) is 37.2 Å². The van der Waals surface area contributed by atoms with Gasteiger partial charge in [0.25, 0.3) is 5.91 Å². The molecule has 5 nitrogen and oxygen atoms in total. The quantitative estimate of drug-likeness (QED) is 0.425. The zero-order chi connectivity index (χ0) is 26.9. The number of hydrogen-bond acceptors (Lipinski definition) is 3. The number of piperidine rings is 1. The fourth-order valence-corrected chi connectivity index (χ4v) is 6.72. The van der Waals surface area contributed by atoms with E-state index in [1.807, 2.05) is 77.7 Å². The number of carbonyl (C=O) groups excluding carboxylic acids is 2. The Labute approximate surface area is 234 Å². The highest BCUT2D eigenvalue weighted by molar-refractivity contribution is 6.42. The average Bonchev–Trinajstić information content (AvgIpc) is 3.44. The highest BCUT2D eigenvalue weighted by Gasteiger charge is 2.51. The first-order chi connectivity index (χ1) is 18.3. The lowest BCUT2D eigenvalue weighted by Gasteiger charge is -2.49. The van der Waals surface area contributed by atoms with E-state index in [0.29, 0.717) is 28.9 Å². The summed E-state index contributed by atoms with van der Waals surface area (Å²) in [5.74, 6) is -0.0937. The molecule has 0 aliphatic carbocycles. The SMILES string of the molecule is CC(C1CCN(C(=O)c2ccccc2)C1)N1CCC(C(N)=O)(c2ccccc2)C(c2ccc(Cl)c(Cl)c2)C1. The van der Waals surface area contributed by atoms with Gasteiger partial charge in [-0.25, -0.2) is 0 Å². The first-order valence-electron chi connectivity index (χ1n) is 13.2. The molecule has 2 fully saturated rings. The molecular weight excluding hydrogens is 517 g/mol. The van der Waals surface area contributed by atoms with E-state index in [1.54, 1.807) is 6.07 Å². The van der Waals surface area contributed by atoms with Crippen LogP contribution in [-0.2, 0) is 10.2 Å². The van der Waals surface area contributed by atoms with Crippen molar-refractivity contribution in [3.8, 4) is 0 Å². The van der Waals surface area contributed by atoms with Crippen LogP contribution in [0.4, 0.5) is 0 Å². The molecule has 5 rings (SSSR count). The summed E-state index contributed by atoms with van der Waals surface area (Å²) in [6.07, 6.45) is 1.55. The van der Waals surface area contributed by atoms with Crippen molar-refractivity contribution in [1.82, 2.24) is 9.80 Å². The summed E-state index contributed by atoms with van der Waals surface area (Å²) in [5, 5.41) is 0.946. The highest BCUT2D eigenvalue weighted by atomic mass is 35.5. The van der Waals surface area contributed by atoms with Crippen LogP contribution < -0.4 is 5.73 Å². The fourth-order valence-electron chi connectivity index (χ4n) is 6.41. The standard InChI is InChI=1S/C31H33Cl2N3O2/c1-21(24-14-16-36(19-24)29(37)22-8-4-2-5-9-22)35-17-15-31(30(34)38,25-10-6-3-7-11-25)26(20-35)23-12-13-27(32)28(33)18-23/h2-13,18,21,24,26H,14-17,19-20H2,1H3,(H2,34,38). The number of hydrogen-bond donors (Lipinski definition) is 1. The topological polar surface area (TPSA) is 66.6 Å². The number of nitrogens with two attached hydrogens (primary N) is 1. The first kappa shape index (κ1) is 26.7. The highest BCUT2D eigenvalue weighted by Crippen LogP contribution is 2.47. The van der Waals surface area contributed by atoms with Crippen LogP contribution in [0.1, 0.15) is 47.2 Å². The minimum Gasteiger partial charge on any atom is -0.369 e. The molecule has 0 aromatic heterocycles. The van der Waals surface area contributed by atoms with Crippen LogP contribution in [0, 0.1) is 5.92 Å². The van der Waals surface area contributed by atoms with Crippen LogP contribution in [0.15, 0.2) is 78.9 Å². The second-order valence-corrected chi connectivity index (χ2v) is 11.4. The number of rotatable bonds is 6. The largest absolute Gasteiger partial charge is 0.369 e. The van der Waals surface area contributed by atoms with Crippen molar-refractivity contribution in [3.05, 3.63) is 106 Å². The molecule has 38 heavy (non-hydrogen) atoms. The number of halogens is 2. The lowest BCUT2D eigenvalue weighted by molar-refractivity contribution is -0.126. The molecular formula is C31H33Cl2N3O2. The molecule has 4 unspecified atom stereocenters. The summed E-state index contributed by atoms with van der Waals surface area (Å²) in [6, 6.07) is 25.2. The van der Waals surface area contributed by atoms with Gasteiger partial charge >= 0.3 is 0 Å². The van der Waals surface area contributed by atoms with E-state index >= 15 is 0 Å². The van der Waals surface area contributed by atoms with E-state index in [-0.39, 0.29) is 23.8 Å². The third-order valence-corrected chi connectivity index (χ3v) is 9.41. The fraction of sp³-hybridized carbons (Fsp3) is 0.355. The summed E-state index contributed by atoms with van der Waals surface area (Å²) in [5.41, 5.74) is 7.96. The Kier molecular flexibility index (Phi) is 7.80. The molecule has 2 aliphatic rings. The Hall–Kier alpha value is -2.86. The third kappa shape index (κ3) is 4.95. The maximum Gasteiger partial charge on any atom is 0.253 e. The maximum atomic E-state index is 13.3. The summed E-state index contributed by atoms with van der Waals surface area (Å²) in [4.78, 5) is 30.8. The van der Waals surface area contributed by atoms with Crippen molar-refractivity contribution in [2.45, 2.75) is 37.1 Å². The number of benzene rings is 3. The molecule has 3 aromatic rings. The van der Waals surface area contributed by atoms with Gasteiger partial charge in [-0.1, -0.05) is 77.8 Å². The summed E-state index contributed by atoms with van der Waals surface area (Å²) < 4.78 is 0. The molecule has 0 saturated carbocycles. The van der Waals surface area contributed by atoms with Crippen molar-refractivity contribution in [3.63, 3.8) is 0 Å². The van der Waals surface area contributed by atoms with Gasteiger partial charge in [0.1, 0.15) is 0 Å². The minimum atomic E-state index is -0.861. The van der Waals surface area contributed by atoms with Crippen molar-refractivity contribution in [2.75, 3.05) is 26.2 Å². The normalized spacial score (nSPS) is 24.8. The van der Waals surface area contributed by atoms with E-state index in [1.165, 1.54) is 0 Å². The molecule has 4 atom stereocenters. The Bertz CT molecular complexity index is 1300. The van der Waals surface area contributed by atoms with E-state index in [2.05, 4.69) is 11.8 Å². The lowest BCUT2D eigenvalue weighted by atomic mass is 9.62. The molecule has 7 heteroatoms. The molecule has 2 amide bonds. The van der Waals surface area contributed by atoms with Crippen molar-refractivity contribution in [2.24, 2.45) is 11.7 Å². The molecule has 2 heterocycles. The molecule has 198 valence electrons. The monoisotopic (exact) mass is 549 g/mol. The molecule has 2 saturated heterocycles. The number of likely N-dealkylation sites (tertiary alicyclic amines) is 2. The van der Waals surface area contributed by atoms with Crippen LogP contribution in [0.5, 0.6) is 0 Å². The summed E-state index contributed by atoms with van der Waals surface area (Å²) in [6.45, 7) is 5.11. The summed E-state index contributed by atoms with van der Waals surface area (Å²) >= 11 is 12.7. The van der Waals surface area contributed by atoms with Crippen molar-refractivity contribution >= 4 is 35.0 Å². The van der Waals surface area contributed by atoms with E-state index in [9.17, 15) is 9.59 Å². The Morgan fingerprint density at radius 3 is 2.26 bits per heavy atom. The van der Waals surface area contributed by atoms with Gasteiger partial charge in [-0.15, -0.1) is 0 Å². The number of amides is 2. The van der Waals surface area contributed by atoms with Gasteiger partial charge in [-0.2, -0.15) is 0 Å². The average molecular weight is 551 g/mol. The second kappa shape index (κ2) is 11.1. The van der Waals surface area contributed by atoms with E-state index in [4.69, 9.17) is 28.9 Å². The predicted octanol–water partition coefficient (Wildman–Crippen LogP) is 5.76. The van der Waals surface area contributed by atoms with Crippen molar-refractivity contribution in [1.29, 1.82) is 0 Å². The molecule has 0 bridgehead atoms. The predicted molar refractivity (Wildman–Crippen MR) is 153 cm³/mol. The Balaban J connectivity index is 1.42. The number of primary amides is 1. The molecule has 0 spiro atoms. The molecule has 0 radical (unpaired) electrons. The second-order valence-electron chi connectivity index (χ2n) is 10.6. The Morgan fingerprint density at radius 2 is 1.61 bits per heavy atom. The zero-order valence-corrected chi connectivity index (χ0v) is 23.0. The van der Waals surface area contributed by atoms with Crippen LogP contribution in [-0.4, -0.2) is 53.8 Å². The number of carbonyl (C=O) groups is 2. The smallest absolute Gasteiger partial charge is 0.253 e. The van der Waals surface area contributed by atoms with E-state index < -0.39 is 5.41 Å². The van der Waals surface area contributed by atoms with Gasteiger partial charge in [-0.3, -0.25) is 14.5 Å². The van der Waals surface area contributed by atoms with Gasteiger partial charge in [0.15, 0.2) is 0 Å². The lowest BCUT2D eigenvalue weighted by Crippen LogP contribution is -2.57. The van der Waals surface area contributed by atoms with Crippen molar-refractivity contribution < 1.29 is 9.59 Å². The first-order valence-corrected chi connectivity index (χ1v) is 14.0. The van der Waals surface area contributed by atoms with E-state index in [0.717, 1.165) is 42.7 Å². The number of nitrogens with zero attached hydrogens (tertiary/aromatic N) is 2. The van der Waals surface area contributed by atoms with Gasteiger partial charge in [0.2, 0.25) is 5.91 Å². The van der Waals surface area contributed by atoms with Crippen LogP contribution in [0.2, 0.25) is 10.0 Å². The van der Waals surface area contributed by atoms with Crippen LogP contribution in [0.25, 0.3) is 0 Å². The van der Waals surface area contributed by atoms with Gasteiger partial charge in [-0.05, 0) is 67.6 Å². The molecule has 2 N–H and O–H groups in total. The van der Waals surface area contributed by atoms with Gasteiger partial charge in [0.05, 0.1) is 15.5 Å². The van der Waals surface area contributed by atoms with Gasteiger partial charge < -0.3 is 10.6 Å². The minimum absolute atomic E-state index is 0.0875. The zero-order valence-electron chi connectivity index (χ0n) is 21.5. The summed E-state index contributed by atoms with van der Waals surface area (Å²) in [7, 11) is 0.